The van der Waals surface area contributed by atoms with E-state index in [1.54, 1.807) is 0 Å². The van der Waals surface area contributed by atoms with E-state index in [-0.39, 0.29) is 17.9 Å². The minimum atomic E-state index is -3.17. The number of hydrogen-bond acceptors (Lipinski definition) is 4. The summed E-state index contributed by atoms with van der Waals surface area (Å²) >= 11 is 0. The molecule has 1 amide bonds. The molecule has 1 aromatic carbocycles. The lowest BCUT2D eigenvalue weighted by molar-refractivity contribution is -0.126. The zero-order valence-electron chi connectivity index (χ0n) is 17.1. The van der Waals surface area contributed by atoms with Crippen LogP contribution in [-0.2, 0) is 21.9 Å². The van der Waals surface area contributed by atoms with Gasteiger partial charge in [0.25, 0.3) is 0 Å². The van der Waals surface area contributed by atoms with Crippen LogP contribution in [0, 0.1) is 5.92 Å². The highest BCUT2D eigenvalue weighted by Gasteiger charge is 2.29. The van der Waals surface area contributed by atoms with Gasteiger partial charge in [-0.25, -0.2) is 12.7 Å². The average Bonchev–Trinajstić information content (AvgIpc) is 2.98. The standard InChI is InChI=1S/C20H30N4O3S/c1-22(2)19(17-14-23(3)18-8-6-5-7-16(17)18)13-21-20(25)15-9-11-24(12-10-15)28(4,26)27/h5-8,14-15,19H,9-13H2,1-4H3,(H,21,25). The second-order valence-electron chi connectivity index (χ2n) is 7.87. The van der Waals surface area contributed by atoms with Gasteiger partial charge >= 0.3 is 0 Å². The van der Waals surface area contributed by atoms with Gasteiger partial charge in [0.05, 0.1) is 12.3 Å². The maximum atomic E-state index is 12.7. The Kier molecular flexibility index (Phi) is 6.12. The third-order valence-corrected chi connectivity index (χ3v) is 6.98. The van der Waals surface area contributed by atoms with E-state index in [9.17, 15) is 13.2 Å². The minimum Gasteiger partial charge on any atom is -0.354 e. The molecule has 7 nitrogen and oxygen atoms in total. The number of hydrogen-bond donors (Lipinski definition) is 1. The van der Waals surface area contributed by atoms with Crippen LogP contribution in [-0.4, -0.2) is 68.1 Å². The predicted octanol–water partition coefficient (Wildman–Crippen LogP) is 1.57. The van der Waals surface area contributed by atoms with E-state index in [0.29, 0.717) is 32.5 Å². The van der Waals surface area contributed by atoms with Crippen molar-refractivity contribution >= 4 is 26.8 Å². The lowest BCUT2D eigenvalue weighted by Gasteiger charge is -2.30. The molecule has 1 unspecified atom stereocenters. The number of benzene rings is 1. The highest BCUT2D eigenvalue weighted by Crippen LogP contribution is 2.28. The molecule has 1 aliphatic heterocycles. The number of carbonyl (C=O) groups excluding carboxylic acids is 1. The zero-order chi connectivity index (χ0) is 20.5. The van der Waals surface area contributed by atoms with Crippen molar-refractivity contribution in [2.24, 2.45) is 13.0 Å². The van der Waals surface area contributed by atoms with Gasteiger partial charge in [0.1, 0.15) is 0 Å². The van der Waals surface area contributed by atoms with E-state index in [0.717, 1.165) is 0 Å². The lowest BCUT2D eigenvalue weighted by Crippen LogP contribution is -2.44. The fourth-order valence-electron chi connectivity index (χ4n) is 4.00. The monoisotopic (exact) mass is 406 g/mol. The Balaban J connectivity index is 1.67. The Morgan fingerprint density at radius 2 is 1.89 bits per heavy atom. The molecule has 0 bridgehead atoms. The summed E-state index contributed by atoms with van der Waals surface area (Å²) in [6.07, 6.45) is 4.49. The van der Waals surface area contributed by atoms with Crippen LogP contribution in [0.1, 0.15) is 24.4 Å². The Labute approximate surface area is 167 Å². The molecule has 28 heavy (non-hydrogen) atoms. The Morgan fingerprint density at radius 3 is 2.50 bits per heavy atom. The molecule has 0 spiro atoms. The largest absolute Gasteiger partial charge is 0.354 e. The van der Waals surface area contributed by atoms with E-state index < -0.39 is 10.0 Å². The van der Waals surface area contributed by atoms with Crippen molar-refractivity contribution < 1.29 is 13.2 Å². The van der Waals surface area contributed by atoms with Gasteiger partial charge in [-0.1, -0.05) is 18.2 Å². The third kappa shape index (κ3) is 4.39. The molecule has 3 rings (SSSR count). The zero-order valence-corrected chi connectivity index (χ0v) is 17.9. The second-order valence-corrected chi connectivity index (χ2v) is 9.86. The highest BCUT2D eigenvalue weighted by molar-refractivity contribution is 7.88. The SMILES string of the molecule is CN(C)C(CNC(=O)C1CCN(S(C)(=O)=O)CC1)c1cn(C)c2ccccc12. The van der Waals surface area contributed by atoms with Crippen LogP contribution in [0.3, 0.4) is 0 Å². The summed E-state index contributed by atoms with van der Waals surface area (Å²) in [5.41, 5.74) is 2.36. The number of likely N-dealkylation sites (N-methyl/N-ethyl adjacent to an activating group) is 1. The first kappa shape index (κ1) is 20.8. The second kappa shape index (κ2) is 8.23. The summed E-state index contributed by atoms with van der Waals surface area (Å²) in [4.78, 5) is 14.8. The van der Waals surface area contributed by atoms with Crippen LogP contribution >= 0.6 is 0 Å². The van der Waals surface area contributed by atoms with E-state index in [4.69, 9.17) is 0 Å². The quantitative estimate of drug-likeness (QED) is 0.790. The maximum absolute atomic E-state index is 12.7. The minimum absolute atomic E-state index is 0.0141. The lowest BCUT2D eigenvalue weighted by atomic mass is 9.97. The van der Waals surface area contributed by atoms with Crippen molar-refractivity contribution in [2.45, 2.75) is 18.9 Å². The molecule has 0 aliphatic carbocycles. The van der Waals surface area contributed by atoms with Gasteiger partial charge in [-0.2, -0.15) is 0 Å². The maximum Gasteiger partial charge on any atom is 0.223 e. The molecule has 2 heterocycles. The molecule has 2 aromatic rings. The Hall–Kier alpha value is -1.90. The summed E-state index contributed by atoms with van der Waals surface area (Å²) in [5.74, 6) is -0.117. The predicted molar refractivity (Wildman–Crippen MR) is 111 cm³/mol. The van der Waals surface area contributed by atoms with Gasteiger partial charge in [0, 0.05) is 49.7 Å². The van der Waals surface area contributed by atoms with Crippen LogP contribution < -0.4 is 5.32 Å². The molecule has 1 aromatic heterocycles. The molecular weight excluding hydrogens is 376 g/mol. The third-order valence-electron chi connectivity index (χ3n) is 5.67. The fraction of sp³-hybridized carbons (Fsp3) is 0.550. The van der Waals surface area contributed by atoms with Crippen molar-refractivity contribution in [3.63, 3.8) is 0 Å². The van der Waals surface area contributed by atoms with Crippen LogP contribution in [0.25, 0.3) is 10.9 Å². The fourth-order valence-corrected chi connectivity index (χ4v) is 4.87. The number of fused-ring (bicyclic) bond motifs is 1. The topological polar surface area (TPSA) is 74.7 Å². The van der Waals surface area contributed by atoms with Gasteiger partial charge in [0.15, 0.2) is 0 Å². The summed E-state index contributed by atoms with van der Waals surface area (Å²) in [6.45, 7) is 1.35. The van der Waals surface area contributed by atoms with Gasteiger partial charge in [-0.15, -0.1) is 0 Å². The normalized spacial score (nSPS) is 17.9. The Bertz CT molecular complexity index is 944. The molecule has 1 atom stereocenters. The number of aromatic nitrogens is 1. The van der Waals surface area contributed by atoms with E-state index in [1.165, 1.54) is 27.0 Å². The number of aryl methyl sites for hydroxylation is 1. The first-order chi connectivity index (χ1) is 13.2. The van der Waals surface area contributed by atoms with Gasteiger partial charge in [-0.3, -0.25) is 4.79 Å². The first-order valence-corrected chi connectivity index (χ1v) is 11.5. The molecule has 0 saturated carbocycles. The molecule has 0 radical (unpaired) electrons. The van der Waals surface area contributed by atoms with E-state index >= 15 is 0 Å². The number of amides is 1. The molecule has 154 valence electrons. The number of sulfonamides is 1. The van der Waals surface area contributed by atoms with Crippen molar-refractivity contribution in [3.8, 4) is 0 Å². The number of carbonyl (C=O) groups is 1. The van der Waals surface area contributed by atoms with Gasteiger partial charge in [0.2, 0.25) is 15.9 Å². The number of nitrogens with zero attached hydrogens (tertiary/aromatic N) is 3. The molecule has 8 heteroatoms. The highest BCUT2D eigenvalue weighted by atomic mass is 32.2. The van der Waals surface area contributed by atoms with Gasteiger partial charge in [-0.05, 0) is 38.6 Å². The first-order valence-electron chi connectivity index (χ1n) is 9.61. The van der Waals surface area contributed by atoms with Crippen molar-refractivity contribution in [3.05, 3.63) is 36.0 Å². The smallest absolute Gasteiger partial charge is 0.223 e. The van der Waals surface area contributed by atoms with Crippen molar-refractivity contribution in [1.82, 2.24) is 19.1 Å². The van der Waals surface area contributed by atoms with Crippen LogP contribution in [0.5, 0.6) is 0 Å². The molecule has 1 N–H and O–H groups in total. The van der Waals surface area contributed by atoms with E-state index in [1.807, 2.05) is 33.3 Å². The van der Waals surface area contributed by atoms with Gasteiger partial charge < -0.3 is 14.8 Å². The number of para-hydroxylation sites is 1. The van der Waals surface area contributed by atoms with Crippen LogP contribution in [0.15, 0.2) is 30.5 Å². The summed E-state index contributed by atoms with van der Waals surface area (Å²) in [7, 11) is 2.89. The molecule has 1 fully saturated rings. The number of rotatable bonds is 6. The molecule has 1 aliphatic rings. The van der Waals surface area contributed by atoms with Crippen LogP contribution in [0.2, 0.25) is 0 Å². The number of piperidine rings is 1. The summed E-state index contributed by atoms with van der Waals surface area (Å²) in [5, 5.41) is 4.30. The summed E-state index contributed by atoms with van der Waals surface area (Å²) < 4.78 is 26.8. The van der Waals surface area contributed by atoms with Crippen molar-refractivity contribution in [2.75, 3.05) is 40.0 Å². The molecular formula is C20H30N4O3S. The Morgan fingerprint density at radius 1 is 1.25 bits per heavy atom. The van der Waals surface area contributed by atoms with Crippen molar-refractivity contribution in [1.29, 1.82) is 0 Å². The molecule has 1 saturated heterocycles. The van der Waals surface area contributed by atoms with E-state index in [2.05, 4.69) is 33.1 Å². The average molecular weight is 407 g/mol. The van der Waals surface area contributed by atoms with Crippen LogP contribution in [0.4, 0.5) is 0 Å². The summed E-state index contributed by atoms with van der Waals surface area (Å²) in [6, 6.07) is 8.34. The number of nitrogens with one attached hydrogen (secondary N) is 1.